The van der Waals surface area contributed by atoms with Gasteiger partial charge in [-0.25, -0.2) is 0 Å². The number of aliphatic hydroxyl groups is 1. The highest BCUT2D eigenvalue weighted by molar-refractivity contribution is 5.13. The van der Waals surface area contributed by atoms with Crippen LogP contribution >= 0.6 is 0 Å². The van der Waals surface area contributed by atoms with Crippen molar-refractivity contribution in [1.29, 1.82) is 0 Å². The fourth-order valence-corrected chi connectivity index (χ4v) is 0.943. The van der Waals surface area contributed by atoms with Crippen LogP contribution in [0.2, 0.25) is 0 Å². The lowest BCUT2D eigenvalue weighted by molar-refractivity contribution is 0.0944. The Bertz CT molecular complexity index is 196. The number of aliphatic hydroxyl groups excluding tert-OH is 1. The molecule has 0 bridgehead atoms. The van der Waals surface area contributed by atoms with Gasteiger partial charge in [-0.2, -0.15) is 0 Å². The molecule has 0 atom stereocenters. The maximum Gasteiger partial charge on any atom is 0.0697 e. The molecule has 12 heavy (non-hydrogen) atoms. The van der Waals surface area contributed by atoms with Gasteiger partial charge in [0.25, 0.3) is 0 Å². The van der Waals surface area contributed by atoms with Crippen molar-refractivity contribution < 1.29 is 9.84 Å². The summed E-state index contributed by atoms with van der Waals surface area (Å²) in [7, 11) is 0. The van der Waals surface area contributed by atoms with Gasteiger partial charge >= 0.3 is 0 Å². The first-order valence-electron chi connectivity index (χ1n) is 4.07. The molecule has 0 amide bonds. The zero-order valence-corrected chi connectivity index (χ0v) is 6.99. The maximum atomic E-state index is 8.43. The predicted octanol–water partition coefficient (Wildman–Crippen LogP) is 1.04. The van der Waals surface area contributed by atoms with Crippen molar-refractivity contribution in [3.05, 3.63) is 35.9 Å². The monoisotopic (exact) mass is 165 g/mol. The van der Waals surface area contributed by atoms with Crippen LogP contribution in [0.5, 0.6) is 0 Å². The van der Waals surface area contributed by atoms with E-state index in [2.05, 4.69) is 6.07 Å². The summed E-state index contributed by atoms with van der Waals surface area (Å²) in [5.41, 5.74) is 1.22. The van der Waals surface area contributed by atoms with Gasteiger partial charge in [0.15, 0.2) is 0 Å². The van der Waals surface area contributed by atoms with Crippen LogP contribution in [0, 0.1) is 6.07 Å². The van der Waals surface area contributed by atoms with Crippen molar-refractivity contribution in [1.82, 2.24) is 0 Å². The molecule has 0 heterocycles. The van der Waals surface area contributed by atoms with E-state index in [0.717, 1.165) is 6.42 Å². The van der Waals surface area contributed by atoms with E-state index >= 15 is 0 Å². The van der Waals surface area contributed by atoms with Crippen LogP contribution in [0.15, 0.2) is 24.3 Å². The lowest BCUT2D eigenvalue weighted by Crippen LogP contribution is -2.02. The van der Waals surface area contributed by atoms with Crippen LogP contribution < -0.4 is 0 Å². The summed E-state index contributed by atoms with van der Waals surface area (Å²) in [6.07, 6.45) is 0.886. The van der Waals surface area contributed by atoms with Crippen molar-refractivity contribution in [3.63, 3.8) is 0 Å². The smallest absolute Gasteiger partial charge is 0.0697 e. The number of hydrogen-bond donors (Lipinski definition) is 1. The highest BCUT2D eigenvalue weighted by atomic mass is 16.5. The fourth-order valence-electron chi connectivity index (χ4n) is 0.943. The molecule has 0 spiro atoms. The Morgan fingerprint density at radius 2 is 2.33 bits per heavy atom. The van der Waals surface area contributed by atoms with E-state index in [9.17, 15) is 0 Å². The second-order valence-corrected chi connectivity index (χ2v) is 2.50. The van der Waals surface area contributed by atoms with Gasteiger partial charge in [0.2, 0.25) is 0 Å². The molecule has 1 aromatic carbocycles. The van der Waals surface area contributed by atoms with Crippen LogP contribution in [0.25, 0.3) is 0 Å². The second kappa shape index (κ2) is 5.75. The molecule has 1 rings (SSSR count). The van der Waals surface area contributed by atoms with Gasteiger partial charge in [-0.15, -0.1) is 0 Å². The number of hydrogen-bond acceptors (Lipinski definition) is 2. The van der Waals surface area contributed by atoms with Gasteiger partial charge in [-0.3, -0.25) is 0 Å². The van der Waals surface area contributed by atoms with Gasteiger partial charge in [0, 0.05) is 0 Å². The Balaban J connectivity index is 2.16. The predicted molar refractivity (Wildman–Crippen MR) is 46.9 cm³/mol. The number of rotatable bonds is 5. The van der Waals surface area contributed by atoms with E-state index in [-0.39, 0.29) is 6.61 Å². The summed E-state index contributed by atoms with van der Waals surface area (Å²) >= 11 is 0. The average molecular weight is 165 g/mol. The van der Waals surface area contributed by atoms with Gasteiger partial charge in [-0.05, 0) is 18.1 Å². The van der Waals surface area contributed by atoms with Crippen LogP contribution in [-0.2, 0) is 11.2 Å². The second-order valence-electron chi connectivity index (χ2n) is 2.50. The molecule has 1 aromatic rings. The number of benzene rings is 1. The van der Waals surface area contributed by atoms with Crippen molar-refractivity contribution in [2.75, 3.05) is 19.8 Å². The molecule has 0 saturated heterocycles. The van der Waals surface area contributed by atoms with Crippen molar-refractivity contribution in [2.24, 2.45) is 0 Å². The van der Waals surface area contributed by atoms with E-state index in [1.165, 1.54) is 5.56 Å². The summed E-state index contributed by atoms with van der Waals surface area (Å²) in [5.74, 6) is 0. The standard InChI is InChI=1S/C10H13O2/c11-7-9-12-8-6-10-4-2-1-3-5-10/h1-2,4-5,11H,6-9H2. The third kappa shape index (κ3) is 3.51. The minimum atomic E-state index is 0.0981. The van der Waals surface area contributed by atoms with E-state index < -0.39 is 0 Å². The van der Waals surface area contributed by atoms with Crippen molar-refractivity contribution in [3.8, 4) is 0 Å². The Morgan fingerprint density at radius 3 is 3.00 bits per heavy atom. The lowest BCUT2D eigenvalue weighted by Gasteiger charge is -2.01. The third-order valence-electron chi connectivity index (χ3n) is 1.54. The molecule has 0 aromatic heterocycles. The fraction of sp³-hybridized carbons (Fsp3) is 0.400. The zero-order chi connectivity index (χ0) is 8.65. The topological polar surface area (TPSA) is 29.5 Å². The first-order valence-corrected chi connectivity index (χ1v) is 4.07. The van der Waals surface area contributed by atoms with Crippen LogP contribution in [-0.4, -0.2) is 24.9 Å². The van der Waals surface area contributed by atoms with Crippen molar-refractivity contribution in [2.45, 2.75) is 6.42 Å². The highest BCUT2D eigenvalue weighted by Gasteiger charge is 1.90. The Hall–Kier alpha value is -0.860. The Morgan fingerprint density at radius 1 is 1.42 bits per heavy atom. The first kappa shape index (κ1) is 9.23. The molecule has 65 valence electrons. The third-order valence-corrected chi connectivity index (χ3v) is 1.54. The van der Waals surface area contributed by atoms with E-state index in [1.54, 1.807) is 0 Å². The summed E-state index contributed by atoms with van der Waals surface area (Å²) in [4.78, 5) is 0. The maximum absolute atomic E-state index is 8.43. The molecule has 2 heteroatoms. The van der Waals surface area contributed by atoms with E-state index in [0.29, 0.717) is 13.2 Å². The SMILES string of the molecule is OCCOCCc1c[c]ccc1. The Labute approximate surface area is 72.8 Å². The minimum Gasteiger partial charge on any atom is -0.394 e. The molecular formula is C10H13O2. The lowest BCUT2D eigenvalue weighted by atomic mass is 10.2. The molecular weight excluding hydrogens is 152 g/mol. The van der Waals surface area contributed by atoms with E-state index in [4.69, 9.17) is 9.84 Å². The zero-order valence-electron chi connectivity index (χ0n) is 6.99. The number of ether oxygens (including phenoxy) is 1. The molecule has 0 aliphatic carbocycles. The minimum absolute atomic E-state index is 0.0981. The largest absolute Gasteiger partial charge is 0.394 e. The molecule has 0 saturated carbocycles. The molecule has 1 N–H and O–H groups in total. The first-order chi connectivity index (χ1) is 5.93. The molecule has 1 radical (unpaired) electrons. The van der Waals surface area contributed by atoms with Gasteiger partial charge in [-0.1, -0.05) is 24.3 Å². The summed E-state index contributed by atoms with van der Waals surface area (Å²) in [6, 6.07) is 10.8. The summed E-state index contributed by atoms with van der Waals surface area (Å²) < 4.78 is 5.12. The van der Waals surface area contributed by atoms with Crippen LogP contribution in [0.1, 0.15) is 5.56 Å². The molecule has 0 aliphatic heterocycles. The van der Waals surface area contributed by atoms with E-state index in [1.807, 2.05) is 24.3 Å². The summed E-state index contributed by atoms with van der Waals surface area (Å²) in [6.45, 7) is 1.19. The molecule has 2 nitrogen and oxygen atoms in total. The normalized spacial score (nSPS) is 10.1. The van der Waals surface area contributed by atoms with Crippen LogP contribution in [0.4, 0.5) is 0 Å². The molecule has 0 unspecified atom stereocenters. The highest BCUT2D eigenvalue weighted by Crippen LogP contribution is 1.98. The molecule has 0 fully saturated rings. The molecule has 0 aliphatic rings. The van der Waals surface area contributed by atoms with Crippen molar-refractivity contribution >= 4 is 0 Å². The average Bonchev–Trinajstić information content (AvgIpc) is 2.14. The quantitative estimate of drug-likeness (QED) is 0.660. The Kier molecular flexibility index (Phi) is 4.42. The van der Waals surface area contributed by atoms with Gasteiger partial charge in [0.05, 0.1) is 19.8 Å². The van der Waals surface area contributed by atoms with Gasteiger partial charge < -0.3 is 9.84 Å². The van der Waals surface area contributed by atoms with Gasteiger partial charge in [0.1, 0.15) is 0 Å². The summed E-state index contributed by atoms with van der Waals surface area (Å²) in [5, 5.41) is 8.43. The van der Waals surface area contributed by atoms with Crippen LogP contribution in [0.3, 0.4) is 0 Å².